The summed E-state index contributed by atoms with van der Waals surface area (Å²) in [6.45, 7) is 1.46. The van der Waals surface area contributed by atoms with Gasteiger partial charge in [0.15, 0.2) is 0 Å². The topological polar surface area (TPSA) is 43.9 Å². The van der Waals surface area contributed by atoms with Gasteiger partial charge < -0.3 is 9.80 Å². The molecule has 3 rings (SSSR count). The van der Waals surface area contributed by atoms with Gasteiger partial charge in [0.1, 0.15) is 6.04 Å². The van der Waals surface area contributed by atoms with Crippen LogP contribution in [0.25, 0.3) is 0 Å². The fraction of sp³-hybridized carbons (Fsp3) is 0.556. The van der Waals surface area contributed by atoms with Crippen LogP contribution in [0.2, 0.25) is 0 Å². The number of halogens is 3. The lowest BCUT2D eigenvalue weighted by Gasteiger charge is -2.41. The molecule has 2 unspecified atom stereocenters. The normalized spacial score (nSPS) is 24.8. The number of piperazine rings is 1. The van der Waals surface area contributed by atoms with E-state index >= 15 is 0 Å². The highest BCUT2D eigenvalue weighted by Crippen LogP contribution is 2.29. The number of likely N-dealkylation sites (tertiary alicyclic amines) is 1. The number of benzene rings is 1. The summed E-state index contributed by atoms with van der Waals surface area (Å²) in [6.07, 6.45) is -4.26. The molecule has 1 aromatic rings. The number of likely N-dealkylation sites (N-methyl/N-ethyl adjacent to an activating group) is 1. The molecule has 2 aliphatic heterocycles. The molecule has 142 valence electrons. The van der Waals surface area contributed by atoms with E-state index in [0.717, 1.165) is 5.56 Å². The second kappa shape index (κ2) is 7.26. The predicted octanol–water partition coefficient (Wildman–Crippen LogP) is 2.05. The number of carbonyl (C=O) groups excluding carboxylic acids is 2. The van der Waals surface area contributed by atoms with Gasteiger partial charge in [0.05, 0.1) is 6.04 Å². The van der Waals surface area contributed by atoms with Crippen molar-refractivity contribution in [1.82, 2.24) is 14.7 Å². The van der Waals surface area contributed by atoms with Crippen LogP contribution in [0.3, 0.4) is 0 Å². The van der Waals surface area contributed by atoms with Crippen molar-refractivity contribution in [3.63, 3.8) is 0 Å². The average Bonchev–Trinajstić information content (AvgIpc) is 3.10. The van der Waals surface area contributed by atoms with E-state index in [1.807, 2.05) is 37.4 Å². The molecule has 0 aliphatic carbocycles. The summed E-state index contributed by atoms with van der Waals surface area (Å²) < 4.78 is 38.4. The Morgan fingerprint density at radius 3 is 2.42 bits per heavy atom. The lowest BCUT2D eigenvalue weighted by molar-refractivity contribution is -0.187. The molecule has 2 atom stereocenters. The van der Waals surface area contributed by atoms with Crippen LogP contribution in [0, 0.1) is 0 Å². The Balaban J connectivity index is 1.74. The molecule has 2 saturated heterocycles. The molecular formula is C18H22F3N3O2. The molecule has 2 aliphatic rings. The Morgan fingerprint density at radius 1 is 1.08 bits per heavy atom. The van der Waals surface area contributed by atoms with E-state index in [4.69, 9.17) is 0 Å². The molecular weight excluding hydrogens is 347 g/mol. The number of alkyl halides is 3. The van der Waals surface area contributed by atoms with Crippen molar-refractivity contribution in [3.05, 3.63) is 35.9 Å². The standard InChI is InChI=1S/C18H22F3N3O2/c1-22-10-11-23(12-15(22)13-6-3-2-4-7-13)16(25)14-8-5-9-24(14)17(26)18(19,20)21/h2-4,6-7,14-15H,5,8-12H2,1H3. The van der Waals surface area contributed by atoms with Crippen LogP contribution >= 0.6 is 0 Å². The number of rotatable bonds is 2. The van der Waals surface area contributed by atoms with E-state index in [-0.39, 0.29) is 24.9 Å². The molecule has 2 amide bonds. The first-order valence-corrected chi connectivity index (χ1v) is 8.71. The molecule has 26 heavy (non-hydrogen) atoms. The fourth-order valence-corrected chi connectivity index (χ4v) is 3.75. The maximum Gasteiger partial charge on any atom is 0.471 e. The monoisotopic (exact) mass is 369 g/mol. The molecule has 0 N–H and O–H groups in total. The molecule has 0 saturated carbocycles. The van der Waals surface area contributed by atoms with Crippen molar-refractivity contribution in [1.29, 1.82) is 0 Å². The summed E-state index contributed by atoms with van der Waals surface area (Å²) in [4.78, 5) is 28.9. The van der Waals surface area contributed by atoms with Crippen molar-refractivity contribution in [3.8, 4) is 0 Å². The zero-order valence-corrected chi connectivity index (χ0v) is 14.6. The third-order valence-electron chi connectivity index (χ3n) is 5.19. The minimum absolute atomic E-state index is 0.0120. The van der Waals surface area contributed by atoms with Crippen LogP contribution in [0.5, 0.6) is 0 Å². The quantitative estimate of drug-likeness (QED) is 0.802. The van der Waals surface area contributed by atoms with Gasteiger partial charge in [-0.05, 0) is 25.5 Å². The summed E-state index contributed by atoms with van der Waals surface area (Å²) >= 11 is 0. The first-order valence-electron chi connectivity index (χ1n) is 8.71. The molecule has 0 radical (unpaired) electrons. The molecule has 0 bridgehead atoms. The van der Waals surface area contributed by atoms with Crippen molar-refractivity contribution in [2.24, 2.45) is 0 Å². The molecule has 5 nitrogen and oxygen atoms in total. The molecule has 0 spiro atoms. The Morgan fingerprint density at radius 2 is 1.77 bits per heavy atom. The van der Waals surface area contributed by atoms with E-state index in [1.54, 1.807) is 4.90 Å². The van der Waals surface area contributed by atoms with E-state index in [1.165, 1.54) is 0 Å². The van der Waals surface area contributed by atoms with Crippen LogP contribution < -0.4 is 0 Å². The number of hydrogen-bond donors (Lipinski definition) is 0. The third kappa shape index (κ3) is 3.70. The van der Waals surface area contributed by atoms with Crippen LogP contribution in [0.15, 0.2) is 30.3 Å². The van der Waals surface area contributed by atoms with Crippen molar-refractivity contribution in [2.75, 3.05) is 33.2 Å². The SMILES string of the molecule is CN1CCN(C(=O)C2CCCN2C(=O)C(F)(F)F)CC1c1ccccc1. The van der Waals surface area contributed by atoms with E-state index < -0.39 is 18.1 Å². The second-order valence-corrected chi connectivity index (χ2v) is 6.85. The summed E-state index contributed by atoms with van der Waals surface area (Å²) in [5.74, 6) is -2.30. The number of amides is 2. The van der Waals surface area contributed by atoms with Crippen LogP contribution in [0.4, 0.5) is 13.2 Å². The predicted molar refractivity (Wildman–Crippen MR) is 89.2 cm³/mol. The summed E-state index contributed by atoms with van der Waals surface area (Å²) in [6, 6.07) is 8.68. The smallest absolute Gasteiger partial charge is 0.338 e. The number of carbonyl (C=O) groups is 2. The van der Waals surface area contributed by atoms with Gasteiger partial charge in [-0.3, -0.25) is 14.5 Å². The minimum atomic E-state index is -4.95. The van der Waals surface area contributed by atoms with Gasteiger partial charge in [-0.2, -0.15) is 13.2 Å². The lowest BCUT2D eigenvalue weighted by Crippen LogP contribution is -2.55. The van der Waals surface area contributed by atoms with E-state index in [2.05, 4.69) is 4.90 Å². The second-order valence-electron chi connectivity index (χ2n) is 6.85. The molecule has 2 fully saturated rings. The van der Waals surface area contributed by atoms with Crippen LogP contribution in [-0.4, -0.2) is 72.0 Å². The Hall–Kier alpha value is -2.09. The zero-order valence-electron chi connectivity index (χ0n) is 14.6. The summed E-state index contributed by atoms with van der Waals surface area (Å²) in [7, 11) is 1.97. The van der Waals surface area contributed by atoms with Gasteiger partial charge >= 0.3 is 12.1 Å². The highest BCUT2D eigenvalue weighted by molar-refractivity contribution is 5.90. The van der Waals surface area contributed by atoms with Gasteiger partial charge in [-0.1, -0.05) is 30.3 Å². The van der Waals surface area contributed by atoms with Crippen molar-refractivity contribution in [2.45, 2.75) is 31.1 Å². The minimum Gasteiger partial charge on any atom is -0.338 e. The van der Waals surface area contributed by atoms with E-state index in [9.17, 15) is 22.8 Å². The third-order valence-corrected chi connectivity index (χ3v) is 5.19. The Bertz CT molecular complexity index is 665. The molecule has 2 heterocycles. The van der Waals surface area contributed by atoms with Gasteiger partial charge in [-0.15, -0.1) is 0 Å². The molecule has 1 aromatic carbocycles. The fourth-order valence-electron chi connectivity index (χ4n) is 3.75. The van der Waals surface area contributed by atoms with Gasteiger partial charge in [0.25, 0.3) is 0 Å². The van der Waals surface area contributed by atoms with Gasteiger partial charge in [0.2, 0.25) is 5.91 Å². The van der Waals surface area contributed by atoms with Crippen molar-refractivity contribution < 1.29 is 22.8 Å². The molecule has 0 aromatic heterocycles. The maximum absolute atomic E-state index is 12.9. The number of hydrogen-bond acceptors (Lipinski definition) is 3. The van der Waals surface area contributed by atoms with Crippen LogP contribution in [0.1, 0.15) is 24.4 Å². The average molecular weight is 369 g/mol. The van der Waals surface area contributed by atoms with Crippen LogP contribution in [-0.2, 0) is 9.59 Å². The zero-order chi connectivity index (χ0) is 18.9. The lowest BCUT2D eigenvalue weighted by atomic mass is 10.0. The van der Waals surface area contributed by atoms with Gasteiger partial charge in [-0.25, -0.2) is 0 Å². The Kier molecular flexibility index (Phi) is 5.22. The van der Waals surface area contributed by atoms with Crippen molar-refractivity contribution >= 4 is 11.8 Å². The first kappa shape index (κ1) is 18.7. The summed E-state index contributed by atoms with van der Waals surface area (Å²) in [5.41, 5.74) is 1.06. The highest BCUT2D eigenvalue weighted by atomic mass is 19.4. The Labute approximate surface area is 150 Å². The summed E-state index contributed by atoms with van der Waals surface area (Å²) in [5, 5.41) is 0. The van der Waals surface area contributed by atoms with E-state index in [0.29, 0.717) is 31.0 Å². The largest absolute Gasteiger partial charge is 0.471 e. The highest BCUT2D eigenvalue weighted by Gasteiger charge is 2.48. The first-order chi connectivity index (χ1) is 12.3. The van der Waals surface area contributed by atoms with Gasteiger partial charge in [0, 0.05) is 26.2 Å². The maximum atomic E-state index is 12.9. The molecule has 8 heteroatoms. The number of nitrogens with zero attached hydrogens (tertiary/aromatic N) is 3.